The maximum Gasteiger partial charge on any atom is 0.278 e. The van der Waals surface area contributed by atoms with E-state index in [1.807, 2.05) is 47.9 Å². The Labute approximate surface area is 138 Å². The van der Waals surface area contributed by atoms with Crippen molar-refractivity contribution >= 4 is 35.6 Å². The second kappa shape index (κ2) is 6.98. The molecular formula is C18H15N3OS. The van der Waals surface area contributed by atoms with E-state index in [0.29, 0.717) is 5.56 Å². The maximum absolute atomic E-state index is 12.5. The molecular weight excluding hydrogens is 306 g/mol. The van der Waals surface area contributed by atoms with E-state index in [1.165, 1.54) is 4.68 Å². The standard InChI is InChI=1S/C18H15N3OS/c1-19-13-14-4-2-5-15(12-14)18(22)21-10-9-16(20-21)7-8-17-6-3-11-23-17/h2-13H,1H3/b8-7+,19-13-. The van der Waals surface area contributed by atoms with Crippen molar-refractivity contribution in [2.45, 2.75) is 0 Å². The molecule has 0 aliphatic rings. The number of nitrogens with zero attached hydrogens (tertiary/aromatic N) is 3. The van der Waals surface area contributed by atoms with E-state index in [1.54, 1.807) is 42.9 Å². The molecule has 114 valence electrons. The van der Waals surface area contributed by atoms with Gasteiger partial charge in [0.2, 0.25) is 0 Å². The molecule has 2 heterocycles. The first-order chi connectivity index (χ1) is 11.3. The van der Waals surface area contributed by atoms with Crippen LogP contribution in [-0.2, 0) is 0 Å². The number of aromatic nitrogens is 2. The van der Waals surface area contributed by atoms with Gasteiger partial charge in [-0.1, -0.05) is 18.2 Å². The topological polar surface area (TPSA) is 47.2 Å². The second-order valence-corrected chi connectivity index (χ2v) is 5.83. The van der Waals surface area contributed by atoms with Gasteiger partial charge in [0.25, 0.3) is 5.91 Å². The van der Waals surface area contributed by atoms with Gasteiger partial charge in [0.1, 0.15) is 0 Å². The van der Waals surface area contributed by atoms with E-state index in [9.17, 15) is 4.79 Å². The van der Waals surface area contributed by atoms with Gasteiger partial charge >= 0.3 is 0 Å². The highest BCUT2D eigenvalue weighted by atomic mass is 32.1. The van der Waals surface area contributed by atoms with Gasteiger partial charge in [-0.15, -0.1) is 11.3 Å². The molecule has 0 atom stereocenters. The summed E-state index contributed by atoms with van der Waals surface area (Å²) in [6.07, 6.45) is 7.28. The fourth-order valence-electron chi connectivity index (χ4n) is 2.13. The largest absolute Gasteiger partial charge is 0.296 e. The zero-order chi connectivity index (χ0) is 16.1. The summed E-state index contributed by atoms with van der Waals surface area (Å²) >= 11 is 1.66. The van der Waals surface area contributed by atoms with Gasteiger partial charge in [-0.25, -0.2) is 4.68 Å². The van der Waals surface area contributed by atoms with Crippen LogP contribution >= 0.6 is 11.3 Å². The van der Waals surface area contributed by atoms with Crippen molar-refractivity contribution in [1.82, 2.24) is 9.78 Å². The average Bonchev–Trinajstić information content (AvgIpc) is 3.24. The van der Waals surface area contributed by atoms with Crippen molar-refractivity contribution in [3.8, 4) is 0 Å². The molecule has 3 rings (SSSR count). The molecule has 0 aliphatic carbocycles. The number of benzene rings is 1. The highest BCUT2D eigenvalue weighted by Crippen LogP contribution is 2.13. The normalized spacial score (nSPS) is 11.5. The molecule has 0 unspecified atom stereocenters. The van der Waals surface area contributed by atoms with Crippen LogP contribution < -0.4 is 0 Å². The van der Waals surface area contributed by atoms with Crippen LogP contribution in [0, 0.1) is 0 Å². The SMILES string of the molecule is C/N=C\c1cccc(C(=O)n2ccc(/C=C/c3cccs3)n2)c1. The summed E-state index contributed by atoms with van der Waals surface area (Å²) in [6, 6.07) is 13.2. The number of carbonyl (C=O) groups excluding carboxylic acids is 1. The molecule has 2 aromatic heterocycles. The molecule has 3 aromatic rings. The lowest BCUT2D eigenvalue weighted by Crippen LogP contribution is -2.12. The maximum atomic E-state index is 12.5. The predicted octanol–water partition coefficient (Wildman–Crippen LogP) is 3.85. The van der Waals surface area contributed by atoms with Crippen molar-refractivity contribution in [2.24, 2.45) is 4.99 Å². The number of rotatable bonds is 4. The summed E-state index contributed by atoms with van der Waals surface area (Å²) in [7, 11) is 1.70. The van der Waals surface area contributed by atoms with Crippen LogP contribution in [0.25, 0.3) is 12.2 Å². The number of thiophene rings is 1. The summed E-state index contributed by atoms with van der Waals surface area (Å²) in [5.74, 6) is -0.160. The smallest absolute Gasteiger partial charge is 0.278 e. The Hall–Kier alpha value is -2.79. The highest BCUT2D eigenvalue weighted by molar-refractivity contribution is 7.10. The molecule has 0 fully saturated rings. The second-order valence-electron chi connectivity index (χ2n) is 4.85. The number of hydrogen-bond donors (Lipinski definition) is 0. The molecule has 0 bridgehead atoms. The first-order valence-corrected chi connectivity index (χ1v) is 7.98. The first kappa shape index (κ1) is 15.1. The van der Waals surface area contributed by atoms with Crippen molar-refractivity contribution in [3.05, 3.63) is 75.7 Å². The van der Waals surface area contributed by atoms with Crippen LogP contribution in [0.2, 0.25) is 0 Å². The minimum Gasteiger partial charge on any atom is -0.296 e. The van der Waals surface area contributed by atoms with E-state index in [4.69, 9.17) is 0 Å². The molecule has 1 aromatic carbocycles. The van der Waals surface area contributed by atoms with Crippen molar-refractivity contribution in [2.75, 3.05) is 7.05 Å². The molecule has 0 N–H and O–H groups in total. The van der Waals surface area contributed by atoms with Crippen LogP contribution in [0.1, 0.15) is 26.5 Å². The third-order valence-corrected chi connectivity index (χ3v) is 4.03. The van der Waals surface area contributed by atoms with Gasteiger partial charge in [-0.05, 0) is 47.4 Å². The van der Waals surface area contributed by atoms with E-state index in [2.05, 4.69) is 10.1 Å². The van der Waals surface area contributed by atoms with Gasteiger partial charge in [-0.3, -0.25) is 9.79 Å². The van der Waals surface area contributed by atoms with Crippen LogP contribution in [0.3, 0.4) is 0 Å². The van der Waals surface area contributed by atoms with Gasteiger partial charge in [0, 0.05) is 29.9 Å². The fourth-order valence-corrected chi connectivity index (χ4v) is 2.75. The highest BCUT2D eigenvalue weighted by Gasteiger charge is 2.09. The minimum absolute atomic E-state index is 0.160. The summed E-state index contributed by atoms with van der Waals surface area (Å²) < 4.78 is 1.36. The van der Waals surface area contributed by atoms with Gasteiger partial charge in [0.15, 0.2) is 0 Å². The quantitative estimate of drug-likeness (QED) is 0.685. The molecule has 0 radical (unpaired) electrons. The molecule has 4 nitrogen and oxygen atoms in total. The molecule has 5 heteroatoms. The van der Waals surface area contributed by atoms with Crippen molar-refractivity contribution < 1.29 is 4.79 Å². The Bertz CT molecular complexity index is 860. The number of carbonyl (C=O) groups is 1. The molecule has 0 saturated carbocycles. The van der Waals surface area contributed by atoms with Crippen LogP contribution in [-0.4, -0.2) is 28.9 Å². The van der Waals surface area contributed by atoms with Crippen LogP contribution in [0.4, 0.5) is 0 Å². The zero-order valence-electron chi connectivity index (χ0n) is 12.6. The summed E-state index contributed by atoms with van der Waals surface area (Å²) in [6.45, 7) is 0. The van der Waals surface area contributed by atoms with Crippen molar-refractivity contribution in [1.29, 1.82) is 0 Å². The first-order valence-electron chi connectivity index (χ1n) is 7.10. The zero-order valence-corrected chi connectivity index (χ0v) is 13.4. The molecule has 0 amide bonds. The molecule has 0 spiro atoms. The Kier molecular flexibility index (Phi) is 4.59. The van der Waals surface area contributed by atoms with E-state index < -0.39 is 0 Å². The van der Waals surface area contributed by atoms with Crippen LogP contribution in [0.15, 0.2) is 59.0 Å². The third-order valence-electron chi connectivity index (χ3n) is 3.19. The third kappa shape index (κ3) is 3.70. The van der Waals surface area contributed by atoms with Gasteiger partial charge in [0.05, 0.1) is 5.69 Å². The summed E-state index contributed by atoms with van der Waals surface area (Å²) in [4.78, 5) is 17.6. The monoisotopic (exact) mass is 321 g/mol. The van der Waals surface area contributed by atoms with E-state index in [-0.39, 0.29) is 5.91 Å². The molecule has 23 heavy (non-hydrogen) atoms. The lowest BCUT2D eigenvalue weighted by atomic mass is 10.1. The lowest BCUT2D eigenvalue weighted by Gasteiger charge is -2.01. The van der Waals surface area contributed by atoms with E-state index in [0.717, 1.165) is 16.1 Å². The van der Waals surface area contributed by atoms with Crippen molar-refractivity contribution in [3.63, 3.8) is 0 Å². The average molecular weight is 321 g/mol. The minimum atomic E-state index is -0.160. The number of aliphatic imine (C=N–C) groups is 1. The summed E-state index contributed by atoms with van der Waals surface area (Å²) in [5.41, 5.74) is 2.22. The van der Waals surface area contributed by atoms with Gasteiger partial charge in [-0.2, -0.15) is 5.10 Å². The summed E-state index contributed by atoms with van der Waals surface area (Å²) in [5, 5.41) is 6.34. The van der Waals surface area contributed by atoms with E-state index >= 15 is 0 Å². The Balaban J connectivity index is 1.79. The molecule has 0 saturated heterocycles. The Morgan fingerprint density at radius 2 is 2.13 bits per heavy atom. The fraction of sp³-hybridized carbons (Fsp3) is 0.0556. The van der Waals surface area contributed by atoms with Crippen LogP contribution in [0.5, 0.6) is 0 Å². The predicted molar refractivity (Wildman–Crippen MR) is 95.2 cm³/mol. The lowest BCUT2D eigenvalue weighted by molar-refractivity contribution is 0.0945. The Morgan fingerprint density at radius 1 is 1.22 bits per heavy atom. The number of hydrogen-bond acceptors (Lipinski definition) is 4. The molecule has 0 aliphatic heterocycles. The van der Waals surface area contributed by atoms with Gasteiger partial charge < -0.3 is 0 Å². The Morgan fingerprint density at radius 3 is 2.91 bits per heavy atom.